The van der Waals surface area contributed by atoms with Gasteiger partial charge in [0.05, 0.1) is 25.9 Å². The highest BCUT2D eigenvalue weighted by atomic mass is 16.5. The second-order valence-electron chi connectivity index (χ2n) is 5.70. The van der Waals surface area contributed by atoms with Crippen LogP contribution in [0.3, 0.4) is 0 Å². The van der Waals surface area contributed by atoms with Crippen molar-refractivity contribution in [2.75, 3.05) is 26.3 Å². The van der Waals surface area contributed by atoms with Gasteiger partial charge in [0.25, 0.3) is 0 Å². The Morgan fingerprint density at radius 1 is 1.56 bits per heavy atom. The summed E-state index contributed by atoms with van der Waals surface area (Å²) < 4.78 is 5.45. The third-order valence-electron chi connectivity index (χ3n) is 3.55. The first-order chi connectivity index (χ1) is 8.38. The molecule has 5 heteroatoms. The smallest absolute Gasteiger partial charge is 0.234 e. The highest BCUT2D eigenvalue weighted by Crippen LogP contribution is 2.12. The Balaban J connectivity index is 2.47. The first kappa shape index (κ1) is 15.4. The van der Waals surface area contributed by atoms with E-state index in [1.54, 1.807) is 0 Å². The number of carbonyl (C=O) groups is 1. The number of aliphatic hydroxyl groups excluding tert-OH is 1. The van der Waals surface area contributed by atoms with Crippen molar-refractivity contribution in [2.24, 2.45) is 0 Å². The molecule has 5 nitrogen and oxygen atoms in total. The summed E-state index contributed by atoms with van der Waals surface area (Å²) in [4.78, 5) is 14.0. The predicted octanol–water partition coefficient (Wildman–Crippen LogP) is 0.373. The number of hydrogen-bond donors (Lipinski definition) is 2. The molecule has 1 fully saturated rings. The van der Waals surface area contributed by atoms with E-state index in [0.717, 1.165) is 6.42 Å². The fourth-order valence-electron chi connectivity index (χ4n) is 1.90. The molecule has 2 N–H and O–H groups in total. The molecule has 1 heterocycles. The summed E-state index contributed by atoms with van der Waals surface area (Å²) in [5.41, 5.74) is -0.164. The molecule has 106 valence electrons. The number of morpholine rings is 1. The SMILES string of the molecule is CCC(C)(C)NC(=O)CN1CC(CO)OCC1C. The van der Waals surface area contributed by atoms with Gasteiger partial charge in [0, 0.05) is 18.1 Å². The van der Waals surface area contributed by atoms with Gasteiger partial charge in [-0.1, -0.05) is 6.92 Å². The van der Waals surface area contributed by atoms with E-state index in [1.165, 1.54) is 0 Å². The molecule has 0 aromatic carbocycles. The Morgan fingerprint density at radius 2 is 2.22 bits per heavy atom. The number of amides is 1. The quantitative estimate of drug-likeness (QED) is 0.748. The van der Waals surface area contributed by atoms with Crippen LogP contribution in [-0.4, -0.2) is 59.9 Å². The Labute approximate surface area is 109 Å². The van der Waals surface area contributed by atoms with Gasteiger partial charge in [-0.05, 0) is 27.2 Å². The molecule has 0 aromatic rings. The first-order valence-corrected chi connectivity index (χ1v) is 6.65. The summed E-state index contributed by atoms with van der Waals surface area (Å²) in [5, 5.41) is 12.1. The molecule has 0 aliphatic carbocycles. The Hall–Kier alpha value is -0.650. The molecule has 2 unspecified atom stereocenters. The zero-order chi connectivity index (χ0) is 13.8. The molecule has 0 aromatic heterocycles. The lowest BCUT2D eigenvalue weighted by Gasteiger charge is -2.37. The van der Waals surface area contributed by atoms with E-state index in [2.05, 4.69) is 17.1 Å². The zero-order valence-corrected chi connectivity index (χ0v) is 11.9. The van der Waals surface area contributed by atoms with Gasteiger partial charge in [-0.2, -0.15) is 0 Å². The number of nitrogens with one attached hydrogen (secondary N) is 1. The molecule has 2 atom stereocenters. The van der Waals surface area contributed by atoms with Crippen molar-refractivity contribution < 1.29 is 14.6 Å². The molecule has 0 spiro atoms. The molecule has 0 bridgehead atoms. The molecule has 1 aliphatic rings. The normalized spacial score (nSPS) is 26.1. The van der Waals surface area contributed by atoms with Gasteiger partial charge in [-0.15, -0.1) is 0 Å². The van der Waals surface area contributed by atoms with Crippen LogP contribution in [0.4, 0.5) is 0 Å². The van der Waals surface area contributed by atoms with E-state index in [1.807, 2.05) is 20.8 Å². The van der Waals surface area contributed by atoms with Crippen LogP contribution >= 0.6 is 0 Å². The van der Waals surface area contributed by atoms with Crippen LogP contribution in [0, 0.1) is 0 Å². The van der Waals surface area contributed by atoms with E-state index >= 15 is 0 Å². The molecule has 1 amide bonds. The summed E-state index contributed by atoms with van der Waals surface area (Å²) in [5.74, 6) is 0.0345. The number of hydrogen-bond acceptors (Lipinski definition) is 4. The monoisotopic (exact) mass is 258 g/mol. The Kier molecular flexibility index (Phi) is 5.56. The van der Waals surface area contributed by atoms with E-state index < -0.39 is 0 Å². The van der Waals surface area contributed by atoms with Crippen molar-refractivity contribution in [1.82, 2.24) is 10.2 Å². The van der Waals surface area contributed by atoms with Crippen LogP contribution in [0.2, 0.25) is 0 Å². The third-order valence-corrected chi connectivity index (χ3v) is 3.55. The molecule has 1 aliphatic heterocycles. The number of carbonyl (C=O) groups excluding carboxylic acids is 1. The van der Waals surface area contributed by atoms with Crippen LogP contribution in [0.25, 0.3) is 0 Å². The fraction of sp³-hybridized carbons (Fsp3) is 0.923. The molecule has 0 radical (unpaired) electrons. The molecule has 1 saturated heterocycles. The van der Waals surface area contributed by atoms with E-state index in [9.17, 15) is 4.79 Å². The molecule has 1 rings (SSSR count). The minimum absolute atomic E-state index is 0.00525. The minimum Gasteiger partial charge on any atom is -0.394 e. The zero-order valence-electron chi connectivity index (χ0n) is 11.9. The van der Waals surface area contributed by atoms with E-state index in [-0.39, 0.29) is 30.2 Å². The Bertz CT molecular complexity index is 281. The Morgan fingerprint density at radius 3 is 2.78 bits per heavy atom. The van der Waals surface area contributed by atoms with Gasteiger partial charge in [-0.3, -0.25) is 9.69 Å². The number of aliphatic hydroxyl groups is 1. The van der Waals surface area contributed by atoms with Gasteiger partial charge in [-0.25, -0.2) is 0 Å². The van der Waals surface area contributed by atoms with Crippen LogP contribution in [0.1, 0.15) is 34.1 Å². The highest BCUT2D eigenvalue weighted by Gasteiger charge is 2.28. The van der Waals surface area contributed by atoms with Crippen LogP contribution in [-0.2, 0) is 9.53 Å². The maximum absolute atomic E-state index is 12.0. The number of ether oxygens (including phenoxy) is 1. The van der Waals surface area contributed by atoms with E-state index in [4.69, 9.17) is 9.84 Å². The van der Waals surface area contributed by atoms with Crippen molar-refractivity contribution in [3.8, 4) is 0 Å². The minimum atomic E-state index is -0.173. The summed E-state index contributed by atoms with van der Waals surface area (Å²) in [7, 11) is 0. The summed E-state index contributed by atoms with van der Waals surface area (Å²) >= 11 is 0. The average Bonchev–Trinajstić information content (AvgIpc) is 2.31. The molecular formula is C13H26N2O3. The maximum Gasteiger partial charge on any atom is 0.234 e. The van der Waals surface area contributed by atoms with Gasteiger partial charge in [0.2, 0.25) is 5.91 Å². The topological polar surface area (TPSA) is 61.8 Å². The molecule has 0 saturated carbocycles. The number of nitrogens with zero attached hydrogens (tertiary/aromatic N) is 1. The summed E-state index contributed by atoms with van der Waals surface area (Å²) in [6.45, 7) is 9.67. The predicted molar refractivity (Wildman–Crippen MR) is 70.4 cm³/mol. The van der Waals surface area contributed by atoms with Crippen molar-refractivity contribution in [1.29, 1.82) is 0 Å². The lowest BCUT2D eigenvalue weighted by atomic mass is 10.0. The second-order valence-corrected chi connectivity index (χ2v) is 5.70. The summed E-state index contributed by atoms with van der Waals surface area (Å²) in [6.07, 6.45) is 0.726. The summed E-state index contributed by atoms with van der Waals surface area (Å²) in [6, 6.07) is 0.211. The maximum atomic E-state index is 12.0. The fourth-order valence-corrected chi connectivity index (χ4v) is 1.90. The highest BCUT2D eigenvalue weighted by molar-refractivity contribution is 5.78. The van der Waals surface area contributed by atoms with Crippen molar-refractivity contribution >= 4 is 5.91 Å². The molecular weight excluding hydrogens is 232 g/mol. The number of rotatable bonds is 5. The van der Waals surface area contributed by atoms with E-state index in [0.29, 0.717) is 19.7 Å². The van der Waals surface area contributed by atoms with Crippen LogP contribution in [0.5, 0.6) is 0 Å². The lowest BCUT2D eigenvalue weighted by Crippen LogP contribution is -2.54. The lowest BCUT2D eigenvalue weighted by molar-refractivity contribution is -0.129. The molecule has 18 heavy (non-hydrogen) atoms. The van der Waals surface area contributed by atoms with Gasteiger partial charge >= 0.3 is 0 Å². The van der Waals surface area contributed by atoms with Gasteiger partial charge in [0.1, 0.15) is 0 Å². The van der Waals surface area contributed by atoms with Crippen molar-refractivity contribution in [2.45, 2.75) is 51.8 Å². The standard InChI is InChI=1S/C13H26N2O3/c1-5-13(3,4)14-12(17)7-15-6-11(8-16)18-9-10(15)2/h10-11,16H,5-9H2,1-4H3,(H,14,17). The van der Waals surface area contributed by atoms with Crippen molar-refractivity contribution in [3.05, 3.63) is 0 Å². The second kappa shape index (κ2) is 6.50. The first-order valence-electron chi connectivity index (χ1n) is 6.65. The van der Waals surface area contributed by atoms with Crippen LogP contribution in [0.15, 0.2) is 0 Å². The van der Waals surface area contributed by atoms with Gasteiger partial charge in [0.15, 0.2) is 0 Å². The average molecular weight is 258 g/mol. The third kappa shape index (κ3) is 4.55. The van der Waals surface area contributed by atoms with Crippen molar-refractivity contribution in [3.63, 3.8) is 0 Å². The largest absolute Gasteiger partial charge is 0.394 e. The van der Waals surface area contributed by atoms with Gasteiger partial charge < -0.3 is 15.2 Å². The van der Waals surface area contributed by atoms with Crippen LogP contribution < -0.4 is 5.32 Å².